The number of aryl methyl sites for hydroxylation is 2. The lowest BCUT2D eigenvalue weighted by Crippen LogP contribution is -2.10. The van der Waals surface area contributed by atoms with E-state index in [4.69, 9.17) is 0 Å². The third-order valence-electron chi connectivity index (χ3n) is 3.02. The van der Waals surface area contributed by atoms with Crippen LogP contribution in [-0.4, -0.2) is 20.5 Å². The molecule has 0 bridgehead atoms. The molecular weight excluding hydrogens is 306 g/mol. The number of carbonyl (C=O) groups is 1. The molecule has 19 heavy (non-hydrogen) atoms. The third kappa shape index (κ3) is 3.29. The van der Waals surface area contributed by atoms with Crippen molar-refractivity contribution in [3.8, 4) is 0 Å². The summed E-state index contributed by atoms with van der Waals surface area (Å²) in [5.74, 6) is 0.178. The zero-order valence-corrected chi connectivity index (χ0v) is 12.6. The summed E-state index contributed by atoms with van der Waals surface area (Å²) >= 11 is 3.53. The second-order valence-electron chi connectivity index (χ2n) is 4.43. The molecule has 0 radical (unpaired) electrons. The van der Waals surface area contributed by atoms with E-state index < -0.39 is 0 Å². The highest BCUT2D eigenvalue weighted by molar-refractivity contribution is 9.10. The summed E-state index contributed by atoms with van der Waals surface area (Å²) in [4.78, 5) is 16.0. The molecule has 2 heterocycles. The lowest BCUT2D eigenvalue weighted by atomic mass is 10.1. The van der Waals surface area contributed by atoms with E-state index in [-0.39, 0.29) is 5.78 Å². The summed E-state index contributed by atoms with van der Waals surface area (Å²) in [5.41, 5.74) is 2.93. The molecular formula is C14H16BrN3O. The second kappa shape index (κ2) is 6.10. The van der Waals surface area contributed by atoms with E-state index in [9.17, 15) is 4.79 Å². The molecule has 2 rings (SSSR count). The van der Waals surface area contributed by atoms with E-state index in [1.165, 1.54) is 0 Å². The maximum atomic E-state index is 12.1. The molecule has 0 spiro atoms. The Bertz CT molecular complexity index is 578. The number of halogens is 1. The summed E-state index contributed by atoms with van der Waals surface area (Å²) in [6.45, 7) is 2.05. The summed E-state index contributed by atoms with van der Waals surface area (Å²) in [6, 6.07) is 3.74. The number of aromatic nitrogens is 3. The highest BCUT2D eigenvalue weighted by Crippen LogP contribution is 2.22. The first-order valence-corrected chi connectivity index (χ1v) is 7.02. The van der Waals surface area contributed by atoms with Crippen LogP contribution in [0.4, 0.5) is 0 Å². The SMILES string of the molecule is CCc1nn(C)c(CC(=O)Cc2ccncc2)c1Br. The molecule has 0 saturated carbocycles. The monoisotopic (exact) mass is 321 g/mol. The minimum atomic E-state index is 0.178. The molecule has 0 unspecified atom stereocenters. The van der Waals surface area contributed by atoms with Crippen LogP contribution in [0.2, 0.25) is 0 Å². The van der Waals surface area contributed by atoms with Crippen LogP contribution in [0.5, 0.6) is 0 Å². The molecule has 0 aromatic carbocycles. The largest absolute Gasteiger partial charge is 0.299 e. The normalized spacial score (nSPS) is 10.7. The molecule has 0 saturated heterocycles. The van der Waals surface area contributed by atoms with E-state index in [0.29, 0.717) is 12.8 Å². The molecule has 2 aromatic rings. The van der Waals surface area contributed by atoms with Gasteiger partial charge in [-0.1, -0.05) is 6.92 Å². The van der Waals surface area contributed by atoms with Crippen molar-refractivity contribution in [2.45, 2.75) is 26.2 Å². The van der Waals surface area contributed by atoms with Gasteiger partial charge in [-0.05, 0) is 40.0 Å². The van der Waals surface area contributed by atoms with Crippen molar-refractivity contribution < 1.29 is 4.79 Å². The first-order chi connectivity index (χ1) is 9.11. The Morgan fingerprint density at radius 1 is 1.32 bits per heavy atom. The van der Waals surface area contributed by atoms with Gasteiger partial charge < -0.3 is 0 Å². The minimum Gasteiger partial charge on any atom is -0.299 e. The summed E-state index contributed by atoms with van der Waals surface area (Å²) < 4.78 is 2.74. The predicted molar refractivity (Wildman–Crippen MR) is 76.9 cm³/mol. The van der Waals surface area contributed by atoms with Crippen LogP contribution in [0.15, 0.2) is 29.0 Å². The molecule has 0 atom stereocenters. The van der Waals surface area contributed by atoms with Gasteiger partial charge in [-0.15, -0.1) is 0 Å². The van der Waals surface area contributed by atoms with Crippen LogP contribution in [0.3, 0.4) is 0 Å². The molecule has 100 valence electrons. The van der Waals surface area contributed by atoms with Crippen molar-refractivity contribution in [2.24, 2.45) is 7.05 Å². The smallest absolute Gasteiger partial charge is 0.143 e. The van der Waals surface area contributed by atoms with Gasteiger partial charge in [0.15, 0.2) is 0 Å². The zero-order valence-electron chi connectivity index (χ0n) is 11.1. The fraction of sp³-hybridized carbons (Fsp3) is 0.357. The molecule has 0 aliphatic heterocycles. The first kappa shape index (κ1) is 13.9. The topological polar surface area (TPSA) is 47.8 Å². The second-order valence-corrected chi connectivity index (χ2v) is 5.23. The number of ketones is 1. The van der Waals surface area contributed by atoms with Gasteiger partial charge in [0.05, 0.1) is 15.9 Å². The van der Waals surface area contributed by atoms with Crippen molar-refractivity contribution in [1.29, 1.82) is 0 Å². The van der Waals surface area contributed by atoms with Crippen molar-refractivity contribution >= 4 is 21.7 Å². The molecule has 5 heteroatoms. The first-order valence-electron chi connectivity index (χ1n) is 6.22. The number of rotatable bonds is 5. The minimum absolute atomic E-state index is 0.178. The predicted octanol–water partition coefficient (Wildman–Crippen LogP) is 2.49. The Morgan fingerprint density at radius 3 is 2.58 bits per heavy atom. The number of nitrogens with zero attached hydrogens (tertiary/aromatic N) is 3. The van der Waals surface area contributed by atoms with E-state index in [1.807, 2.05) is 19.2 Å². The Hall–Kier alpha value is -1.49. The molecule has 4 nitrogen and oxygen atoms in total. The maximum absolute atomic E-state index is 12.1. The lowest BCUT2D eigenvalue weighted by Gasteiger charge is -2.03. The highest BCUT2D eigenvalue weighted by Gasteiger charge is 2.15. The number of carbonyl (C=O) groups excluding carboxylic acids is 1. The highest BCUT2D eigenvalue weighted by atomic mass is 79.9. The maximum Gasteiger partial charge on any atom is 0.143 e. The third-order valence-corrected chi connectivity index (χ3v) is 3.93. The van der Waals surface area contributed by atoms with Crippen LogP contribution in [0.25, 0.3) is 0 Å². The average molecular weight is 322 g/mol. The van der Waals surface area contributed by atoms with Gasteiger partial charge in [0, 0.05) is 32.3 Å². The number of hydrogen-bond acceptors (Lipinski definition) is 3. The van der Waals surface area contributed by atoms with Crippen molar-refractivity contribution in [3.05, 3.63) is 46.0 Å². The molecule has 0 fully saturated rings. The van der Waals surface area contributed by atoms with Gasteiger partial charge in [0.2, 0.25) is 0 Å². The van der Waals surface area contributed by atoms with Crippen LogP contribution in [0, 0.1) is 0 Å². The van der Waals surface area contributed by atoms with Crippen LogP contribution in [0.1, 0.15) is 23.9 Å². The fourth-order valence-electron chi connectivity index (χ4n) is 1.99. The average Bonchev–Trinajstić information content (AvgIpc) is 2.67. The van der Waals surface area contributed by atoms with Crippen LogP contribution in [-0.2, 0) is 31.1 Å². The van der Waals surface area contributed by atoms with E-state index in [0.717, 1.165) is 27.8 Å². The number of pyridine rings is 1. The lowest BCUT2D eigenvalue weighted by molar-refractivity contribution is -0.117. The van der Waals surface area contributed by atoms with E-state index in [2.05, 4.69) is 32.9 Å². The van der Waals surface area contributed by atoms with Gasteiger partial charge in [-0.3, -0.25) is 14.5 Å². The molecule has 0 N–H and O–H groups in total. The molecule has 0 aliphatic rings. The van der Waals surface area contributed by atoms with Gasteiger partial charge in [-0.25, -0.2) is 0 Å². The van der Waals surface area contributed by atoms with Crippen LogP contribution < -0.4 is 0 Å². The number of Topliss-reactive ketones (excluding diaryl/α,β-unsaturated/α-hetero) is 1. The van der Waals surface area contributed by atoms with Gasteiger partial charge in [0.25, 0.3) is 0 Å². The summed E-state index contributed by atoms with van der Waals surface area (Å²) in [5, 5.41) is 4.40. The number of hydrogen-bond donors (Lipinski definition) is 0. The Morgan fingerprint density at radius 2 is 2.00 bits per heavy atom. The van der Waals surface area contributed by atoms with Gasteiger partial charge in [0.1, 0.15) is 5.78 Å². The van der Waals surface area contributed by atoms with Gasteiger partial charge in [-0.2, -0.15) is 5.10 Å². The van der Waals surface area contributed by atoms with Crippen molar-refractivity contribution in [2.75, 3.05) is 0 Å². The van der Waals surface area contributed by atoms with Crippen molar-refractivity contribution in [1.82, 2.24) is 14.8 Å². The molecule has 2 aromatic heterocycles. The van der Waals surface area contributed by atoms with Crippen LogP contribution >= 0.6 is 15.9 Å². The fourth-order valence-corrected chi connectivity index (χ4v) is 2.75. The summed E-state index contributed by atoms with van der Waals surface area (Å²) in [6.07, 6.45) is 5.09. The zero-order chi connectivity index (χ0) is 13.8. The Kier molecular flexibility index (Phi) is 4.47. The molecule has 0 amide bonds. The Labute approximate surface area is 121 Å². The van der Waals surface area contributed by atoms with Gasteiger partial charge >= 0.3 is 0 Å². The van der Waals surface area contributed by atoms with E-state index >= 15 is 0 Å². The Balaban J connectivity index is 2.09. The quantitative estimate of drug-likeness (QED) is 0.850. The standard InChI is InChI=1S/C14H16BrN3O/c1-3-12-14(15)13(18(2)17-12)9-11(19)8-10-4-6-16-7-5-10/h4-7H,3,8-9H2,1-2H3. The summed E-state index contributed by atoms with van der Waals surface area (Å²) in [7, 11) is 1.87. The van der Waals surface area contributed by atoms with Crippen molar-refractivity contribution in [3.63, 3.8) is 0 Å². The molecule has 0 aliphatic carbocycles. The van der Waals surface area contributed by atoms with E-state index in [1.54, 1.807) is 17.1 Å².